The summed E-state index contributed by atoms with van der Waals surface area (Å²) in [6, 6.07) is 3.15. The summed E-state index contributed by atoms with van der Waals surface area (Å²) in [7, 11) is 2.19. The Balaban J connectivity index is 1.85. The zero-order valence-electron chi connectivity index (χ0n) is 12.3. The normalized spacial score (nSPS) is 34.8. The Kier molecular flexibility index (Phi) is 5.20. The highest BCUT2D eigenvalue weighted by molar-refractivity contribution is 5.14. The number of nitriles is 1. The SMILES string of the molecule is CCNC1(C#N)CCCC1CCN(C)C1CCOC1. The Hall–Kier alpha value is -0.630. The smallest absolute Gasteiger partial charge is 0.109 e. The number of likely N-dealkylation sites (N-methyl/N-ethyl adjacent to an activating group) is 1. The molecule has 1 aliphatic heterocycles. The van der Waals surface area contributed by atoms with Crippen LogP contribution in [0.4, 0.5) is 0 Å². The van der Waals surface area contributed by atoms with E-state index >= 15 is 0 Å². The topological polar surface area (TPSA) is 48.3 Å². The van der Waals surface area contributed by atoms with Gasteiger partial charge in [-0.2, -0.15) is 5.26 Å². The van der Waals surface area contributed by atoms with Gasteiger partial charge in [0.05, 0.1) is 12.7 Å². The van der Waals surface area contributed by atoms with Crippen molar-refractivity contribution in [1.82, 2.24) is 10.2 Å². The maximum atomic E-state index is 9.55. The molecule has 0 aromatic heterocycles. The number of nitrogens with zero attached hydrogens (tertiary/aromatic N) is 2. The van der Waals surface area contributed by atoms with Crippen molar-refractivity contribution >= 4 is 0 Å². The molecule has 0 spiro atoms. The fourth-order valence-corrected chi connectivity index (χ4v) is 3.62. The molecule has 1 heterocycles. The van der Waals surface area contributed by atoms with Crippen molar-refractivity contribution in [3.63, 3.8) is 0 Å². The van der Waals surface area contributed by atoms with Crippen LogP contribution in [0.5, 0.6) is 0 Å². The fraction of sp³-hybridized carbons (Fsp3) is 0.933. The first-order valence-corrected chi connectivity index (χ1v) is 7.66. The first kappa shape index (κ1) is 14.8. The van der Waals surface area contributed by atoms with E-state index in [0.717, 1.165) is 45.6 Å². The third-order valence-electron chi connectivity index (χ3n) is 4.87. The Morgan fingerprint density at radius 2 is 2.32 bits per heavy atom. The number of ether oxygens (including phenoxy) is 1. The Morgan fingerprint density at radius 1 is 1.47 bits per heavy atom. The highest BCUT2D eigenvalue weighted by atomic mass is 16.5. The van der Waals surface area contributed by atoms with Gasteiger partial charge in [0.2, 0.25) is 0 Å². The van der Waals surface area contributed by atoms with Crippen molar-refractivity contribution in [2.45, 2.75) is 50.6 Å². The van der Waals surface area contributed by atoms with Crippen molar-refractivity contribution in [3.8, 4) is 6.07 Å². The monoisotopic (exact) mass is 265 g/mol. The maximum Gasteiger partial charge on any atom is 0.109 e. The van der Waals surface area contributed by atoms with Crippen LogP contribution in [0.3, 0.4) is 0 Å². The first-order valence-electron chi connectivity index (χ1n) is 7.66. The van der Waals surface area contributed by atoms with E-state index in [1.54, 1.807) is 0 Å². The van der Waals surface area contributed by atoms with Crippen molar-refractivity contribution in [2.24, 2.45) is 5.92 Å². The van der Waals surface area contributed by atoms with Gasteiger partial charge >= 0.3 is 0 Å². The van der Waals surface area contributed by atoms with Crippen molar-refractivity contribution in [3.05, 3.63) is 0 Å². The Labute approximate surface area is 117 Å². The van der Waals surface area contributed by atoms with E-state index in [-0.39, 0.29) is 5.54 Å². The van der Waals surface area contributed by atoms with E-state index in [4.69, 9.17) is 4.74 Å². The molecule has 3 unspecified atom stereocenters. The molecule has 1 N–H and O–H groups in total. The van der Waals surface area contributed by atoms with Gasteiger partial charge in [-0.1, -0.05) is 13.3 Å². The predicted octanol–water partition coefficient (Wildman–Crippen LogP) is 1.77. The summed E-state index contributed by atoms with van der Waals surface area (Å²) in [5.41, 5.74) is -0.262. The summed E-state index contributed by atoms with van der Waals surface area (Å²) in [4.78, 5) is 2.42. The summed E-state index contributed by atoms with van der Waals surface area (Å²) in [5.74, 6) is 0.502. The highest BCUT2D eigenvalue weighted by Crippen LogP contribution is 2.37. The van der Waals surface area contributed by atoms with E-state index in [9.17, 15) is 5.26 Å². The van der Waals surface area contributed by atoms with Crippen LogP contribution in [0.15, 0.2) is 0 Å². The van der Waals surface area contributed by atoms with Crippen molar-refractivity contribution < 1.29 is 4.74 Å². The van der Waals surface area contributed by atoms with Gasteiger partial charge in [-0.25, -0.2) is 0 Å². The van der Waals surface area contributed by atoms with E-state index in [1.807, 2.05) is 0 Å². The molecule has 0 aromatic carbocycles. The van der Waals surface area contributed by atoms with Crippen LogP contribution in [-0.4, -0.2) is 49.8 Å². The molecule has 2 aliphatic rings. The number of rotatable bonds is 6. The summed E-state index contributed by atoms with van der Waals surface area (Å²) in [6.45, 7) is 5.83. The van der Waals surface area contributed by atoms with Gasteiger partial charge in [-0.15, -0.1) is 0 Å². The van der Waals surface area contributed by atoms with Crippen LogP contribution in [-0.2, 0) is 4.74 Å². The van der Waals surface area contributed by atoms with Gasteiger partial charge in [0.25, 0.3) is 0 Å². The molecule has 19 heavy (non-hydrogen) atoms. The molecule has 1 saturated heterocycles. The van der Waals surface area contributed by atoms with Gasteiger partial charge in [-0.05, 0) is 51.7 Å². The number of nitrogens with one attached hydrogen (secondary N) is 1. The molecule has 108 valence electrons. The lowest BCUT2D eigenvalue weighted by Crippen LogP contribution is -2.48. The van der Waals surface area contributed by atoms with Gasteiger partial charge < -0.3 is 9.64 Å². The minimum atomic E-state index is -0.262. The third-order valence-corrected chi connectivity index (χ3v) is 4.87. The minimum absolute atomic E-state index is 0.262. The lowest BCUT2D eigenvalue weighted by molar-refractivity contribution is 0.152. The molecule has 4 nitrogen and oxygen atoms in total. The molecule has 3 atom stereocenters. The fourth-order valence-electron chi connectivity index (χ4n) is 3.62. The zero-order chi connectivity index (χ0) is 13.7. The lowest BCUT2D eigenvalue weighted by Gasteiger charge is -2.32. The molecule has 2 rings (SSSR count). The average molecular weight is 265 g/mol. The standard InChI is InChI=1S/C15H27N3O/c1-3-17-15(12-16)8-4-5-13(15)6-9-18(2)14-7-10-19-11-14/h13-14,17H,3-11H2,1-2H3. The highest BCUT2D eigenvalue weighted by Gasteiger charge is 2.42. The van der Waals surface area contributed by atoms with Crippen LogP contribution < -0.4 is 5.32 Å². The van der Waals surface area contributed by atoms with Gasteiger partial charge in [-0.3, -0.25) is 5.32 Å². The van der Waals surface area contributed by atoms with Crippen molar-refractivity contribution in [2.75, 3.05) is 33.4 Å². The maximum absolute atomic E-state index is 9.55. The van der Waals surface area contributed by atoms with Gasteiger partial charge in [0, 0.05) is 12.6 Å². The molecular formula is C15H27N3O. The molecule has 0 amide bonds. The summed E-state index contributed by atoms with van der Waals surface area (Å²) in [5, 5.41) is 13.0. The molecule has 0 bridgehead atoms. The van der Waals surface area contributed by atoms with Crippen LogP contribution in [0.25, 0.3) is 0 Å². The summed E-state index contributed by atoms with van der Waals surface area (Å²) < 4.78 is 5.44. The molecule has 0 radical (unpaired) electrons. The van der Waals surface area contributed by atoms with Crippen LogP contribution in [0.2, 0.25) is 0 Å². The number of hydrogen-bond acceptors (Lipinski definition) is 4. The largest absolute Gasteiger partial charge is 0.380 e. The first-order chi connectivity index (χ1) is 9.22. The zero-order valence-corrected chi connectivity index (χ0v) is 12.3. The molecular weight excluding hydrogens is 238 g/mol. The molecule has 1 aliphatic carbocycles. The van der Waals surface area contributed by atoms with Crippen molar-refractivity contribution in [1.29, 1.82) is 5.26 Å². The van der Waals surface area contributed by atoms with Crippen LogP contribution in [0.1, 0.15) is 39.0 Å². The molecule has 1 saturated carbocycles. The second-order valence-corrected chi connectivity index (χ2v) is 5.99. The minimum Gasteiger partial charge on any atom is -0.380 e. The summed E-state index contributed by atoms with van der Waals surface area (Å²) in [6.07, 6.45) is 5.65. The lowest BCUT2D eigenvalue weighted by atomic mass is 9.85. The quantitative estimate of drug-likeness (QED) is 0.795. The third kappa shape index (κ3) is 3.28. The van der Waals surface area contributed by atoms with Gasteiger partial charge in [0.1, 0.15) is 5.54 Å². The second kappa shape index (κ2) is 6.69. The molecule has 4 heteroatoms. The van der Waals surface area contributed by atoms with Crippen LogP contribution in [0, 0.1) is 17.2 Å². The Bertz CT molecular complexity index is 322. The molecule has 0 aromatic rings. The van der Waals surface area contributed by atoms with E-state index < -0.39 is 0 Å². The average Bonchev–Trinajstić information content (AvgIpc) is 3.06. The van der Waals surface area contributed by atoms with Crippen LogP contribution >= 0.6 is 0 Å². The summed E-state index contributed by atoms with van der Waals surface area (Å²) >= 11 is 0. The van der Waals surface area contributed by atoms with E-state index in [1.165, 1.54) is 12.8 Å². The number of hydrogen-bond donors (Lipinski definition) is 1. The van der Waals surface area contributed by atoms with E-state index in [0.29, 0.717) is 12.0 Å². The van der Waals surface area contributed by atoms with Gasteiger partial charge in [0.15, 0.2) is 0 Å². The Morgan fingerprint density at radius 3 is 2.95 bits per heavy atom. The predicted molar refractivity (Wildman–Crippen MR) is 75.8 cm³/mol. The second-order valence-electron chi connectivity index (χ2n) is 5.99. The molecule has 2 fully saturated rings. The van der Waals surface area contributed by atoms with E-state index in [2.05, 4.69) is 30.3 Å².